The van der Waals surface area contributed by atoms with Gasteiger partial charge in [0, 0.05) is 28.7 Å². The van der Waals surface area contributed by atoms with E-state index in [-0.39, 0.29) is 31.3 Å². The molecular weight excluding hydrogens is 442 g/mol. The van der Waals surface area contributed by atoms with Gasteiger partial charge in [-0.2, -0.15) is 0 Å². The number of benzene rings is 2. The van der Waals surface area contributed by atoms with E-state index < -0.39 is 17.9 Å². The number of carbonyl (C=O) groups is 4. The van der Waals surface area contributed by atoms with Gasteiger partial charge in [0.05, 0.1) is 18.6 Å². The van der Waals surface area contributed by atoms with Crippen LogP contribution < -0.4 is 4.90 Å². The standard InChI is InChI=1S/C21H18BrNO6/c1-28-20(26)14-4-8-17(9-5-14)23-11-15(10-19(23)25)21(27)29-12-18(24)13-2-6-16(22)7-3-13/h2-9,15H,10-12H2,1H3/t15-/m1/s1. The van der Waals surface area contributed by atoms with Gasteiger partial charge in [0.15, 0.2) is 12.4 Å². The van der Waals surface area contributed by atoms with Crippen LogP contribution in [-0.2, 0) is 19.1 Å². The number of amides is 1. The highest BCUT2D eigenvalue weighted by Gasteiger charge is 2.36. The normalized spacial score (nSPS) is 15.9. The average Bonchev–Trinajstić information content (AvgIpc) is 3.13. The Balaban J connectivity index is 1.57. The van der Waals surface area contributed by atoms with E-state index in [1.807, 2.05) is 0 Å². The van der Waals surface area contributed by atoms with E-state index in [2.05, 4.69) is 20.7 Å². The Morgan fingerprint density at radius 2 is 1.66 bits per heavy atom. The second-order valence-corrected chi connectivity index (χ2v) is 7.40. The first-order chi connectivity index (χ1) is 13.9. The highest BCUT2D eigenvalue weighted by molar-refractivity contribution is 9.10. The SMILES string of the molecule is COC(=O)c1ccc(N2C[C@H](C(=O)OCC(=O)c3ccc(Br)cc3)CC2=O)cc1. The number of hydrogen-bond donors (Lipinski definition) is 0. The molecule has 0 bridgehead atoms. The van der Waals surface area contributed by atoms with Crippen LogP contribution in [0.5, 0.6) is 0 Å². The molecule has 1 heterocycles. The molecule has 0 saturated carbocycles. The zero-order valence-electron chi connectivity index (χ0n) is 15.6. The first-order valence-electron chi connectivity index (χ1n) is 8.83. The summed E-state index contributed by atoms with van der Waals surface area (Å²) in [6.07, 6.45) is 0.00403. The number of carbonyl (C=O) groups excluding carboxylic acids is 4. The summed E-state index contributed by atoms with van der Waals surface area (Å²) in [5, 5.41) is 0. The van der Waals surface area contributed by atoms with E-state index in [0.717, 1.165) is 4.47 Å². The minimum absolute atomic E-state index is 0.00403. The van der Waals surface area contributed by atoms with E-state index in [9.17, 15) is 19.2 Å². The lowest BCUT2D eigenvalue weighted by molar-refractivity contribution is -0.147. The van der Waals surface area contributed by atoms with Gasteiger partial charge in [-0.1, -0.05) is 28.1 Å². The second-order valence-electron chi connectivity index (χ2n) is 6.48. The van der Waals surface area contributed by atoms with Crippen LogP contribution in [-0.4, -0.2) is 43.9 Å². The fourth-order valence-corrected chi connectivity index (χ4v) is 3.25. The summed E-state index contributed by atoms with van der Waals surface area (Å²) in [4.78, 5) is 49.7. The number of Topliss-reactive ketones (excluding diaryl/α,β-unsaturated/α-hetero) is 1. The Labute approximate surface area is 175 Å². The molecule has 1 atom stereocenters. The highest BCUT2D eigenvalue weighted by atomic mass is 79.9. The molecule has 29 heavy (non-hydrogen) atoms. The van der Waals surface area contributed by atoms with Crippen LogP contribution in [0.3, 0.4) is 0 Å². The fourth-order valence-electron chi connectivity index (χ4n) is 2.98. The van der Waals surface area contributed by atoms with Crippen molar-refractivity contribution in [1.29, 1.82) is 0 Å². The van der Waals surface area contributed by atoms with E-state index in [1.165, 1.54) is 12.0 Å². The molecule has 7 nitrogen and oxygen atoms in total. The molecule has 150 valence electrons. The lowest BCUT2D eigenvalue weighted by Gasteiger charge is -2.16. The van der Waals surface area contributed by atoms with Gasteiger partial charge in [0.2, 0.25) is 5.91 Å². The lowest BCUT2D eigenvalue weighted by Crippen LogP contribution is -2.27. The molecule has 0 aromatic heterocycles. The van der Waals surface area contributed by atoms with Gasteiger partial charge in [0.25, 0.3) is 0 Å². The summed E-state index contributed by atoms with van der Waals surface area (Å²) in [6.45, 7) is -0.222. The van der Waals surface area contributed by atoms with E-state index >= 15 is 0 Å². The Bertz CT molecular complexity index is 939. The number of anilines is 1. The van der Waals surface area contributed by atoms with Crippen molar-refractivity contribution < 1.29 is 28.7 Å². The fraction of sp³-hybridized carbons (Fsp3) is 0.238. The van der Waals surface area contributed by atoms with Crippen LogP contribution in [0.4, 0.5) is 5.69 Å². The van der Waals surface area contributed by atoms with Crippen molar-refractivity contribution in [1.82, 2.24) is 0 Å². The zero-order valence-corrected chi connectivity index (χ0v) is 17.2. The van der Waals surface area contributed by atoms with Crippen LogP contribution in [0, 0.1) is 5.92 Å². The molecular formula is C21H18BrNO6. The molecule has 1 aliphatic heterocycles. The largest absolute Gasteiger partial charge is 0.465 e. The third kappa shape index (κ3) is 4.89. The number of rotatable bonds is 6. The highest BCUT2D eigenvalue weighted by Crippen LogP contribution is 2.26. The van der Waals surface area contributed by atoms with Crippen molar-refractivity contribution in [3.05, 3.63) is 64.1 Å². The third-order valence-electron chi connectivity index (χ3n) is 4.57. The summed E-state index contributed by atoms with van der Waals surface area (Å²) in [5.41, 5.74) is 1.38. The topological polar surface area (TPSA) is 90.0 Å². The summed E-state index contributed by atoms with van der Waals surface area (Å²) in [5.74, 6) is -2.25. The number of esters is 2. The van der Waals surface area contributed by atoms with E-state index in [1.54, 1.807) is 48.5 Å². The maximum absolute atomic E-state index is 12.3. The number of ether oxygens (including phenoxy) is 2. The maximum atomic E-state index is 12.3. The third-order valence-corrected chi connectivity index (χ3v) is 5.10. The predicted molar refractivity (Wildman–Crippen MR) is 108 cm³/mol. The monoisotopic (exact) mass is 459 g/mol. The number of ketones is 1. The van der Waals surface area contributed by atoms with Crippen LogP contribution in [0.1, 0.15) is 27.1 Å². The van der Waals surface area contributed by atoms with Gasteiger partial charge in [0.1, 0.15) is 0 Å². The molecule has 1 saturated heterocycles. The van der Waals surface area contributed by atoms with Crippen molar-refractivity contribution in [2.75, 3.05) is 25.2 Å². The van der Waals surface area contributed by atoms with Crippen LogP contribution in [0.2, 0.25) is 0 Å². The Morgan fingerprint density at radius 1 is 1.03 bits per heavy atom. The van der Waals surface area contributed by atoms with Crippen LogP contribution in [0.25, 0.3) is 0 Å². The average molecular weight is 460 g/mol. The van der Waals surface area contributed by atoms with E-state index in [0.29, 0.717) is 16.8 Å². The summed E-state index contributed by atoms with van der Waals surface area (Å²) in [7, 11) is 1.29. The molecule has 2 aromatic carbocycles. The second kappa shape index (κ2) is 9.00. The number of halogens is 1. The van der Waals surface area contributed by atoms with Crippen molar-refractivity contribution >= 4 is 45.2 Å². The Kier molecular flexibility index (Phi) is 6.43. The van der Waals surface area contributed by atoms with Crippen LogP contribution in [0.15, 0.2) is 53.0 Å². The van der Waals surface area contributed by atoms with Gasteiger partial charge in [-0.15, -0.1) is 0 Å². The summed E-state index contributed by atoms with van der Waals surface area (Å²) < 4.78 is 10.6. The molecule has 0 aliphatic carbocycles. The minimum atomic E-state index is -0.652. The summed E-state index contributed by atoms with van der Waals surface area (Å²) in [6, 6.07) is 13.1. The molecule has 3 rings (SSSR count). The Hall–Kier alpha value is -3.00. The molecule has 0 radical (unpaired) electrons. The summed E-state index contributed by atoms with van der Waals surface area (Å²) >= 11 is 3.29. The first kappa shape index (κ1) is 20.7. The van der Waals surface area contributed by atoms with Gasteiger partial charge in [-0.3, -0.25) is 14.4 Å². The predicted octanol–water partition coefficient (Wildman–Crippen LogP) is 3.01. The molecule has 0 N–H and O–H groups in total. The van der Waals surface area contributed by atoms with Crippen molar-refractivity contribution in [2.45, 2.75) is 6.42 Å². The quantitative estimate of drug-likeness (QED) is 0.487. The van der Waals surface area contributed by atoms with Crippen molar-refractivity contribution in [2.24, 2.45) is 5.92 Å². The maximum Gasteiger partial charge on any atom is 0.337 e. The van der Waals surface area contributed by atoms with Crippen molar-refractivity contribution in [3.8, 4) is 0 Å². The zero-order chi connectivity index (χ0) is 21.0. The minimum Gasteiger partial charge on any atom is -0.465 e. The van der Waals surface area contributed by atoms with Gasteiger partial charge < -0.3 is 14.4 Å². The van der Waals surface area contributed by atoms with Crippen LogP contribution >= 0.6 is 15.9 Å². The molecule has 8 heteroatoms. The number of hydrogen-bond acceptors (Lipinski definition) is 6. The molecule has 0 unspecified atom stereocenters. The molecule has 1 fully saturated rings. The molecule has 1 aliphatic rings. The Morgan fingerprint density at radius 3 is 2.28 bits per heavy atom. The lowest BCUT2D eigenvalue weighted by atomic mass is 10.1. The molecule has 1 amide bonds. The number of nitrogens with zero attached hydrogens (tertiary/aromatic N) is 1. The van der Waals surface area contributed by atoms with Gasteiger partial charge in [-0.05, 0) is 36.4 Å². The first-order valence-corrected chi connectivity index (χ1v) is 9.62. The van der Waals surface area contributed by atoms with Crippen molar-refractivity contribution in [3.63, 3.8) is 0 Å². The smallest absolute Gasteiger partial charge is 0.337 e. The number of methoxy groups -OCH3 is 1. The molecule has 0 spiro atoms. The molecule has 2 aromatic rings. The van der Waals surface area contributed by atoms with Gasteiger partial charge in [-0.25, -0.2) is 4.79 Å². The van der Waals surface area contributed by atoms with Gasteiger partial charge >= 0.3 is 11.9 Å². The van der Waals surface area contributed by atoms with E-state index in [4.69, 9.17) is 4.74 Å².